The second kappa shape index (κ2) is 7.38. The maximum atomic E-state index is 13.1. The van der Waals surface area contributed by atoms with Crippen LogP contribution in [0.5, 0.6) is 11.5 Å². The van der Waals surface area contributed by atoms with Crippen LogP contribution in [0.3, 0.4) is 0 Å². The van der Waals surface area contributed by atoms with Gasteiger partial charge < -0.3 is 9.47 Å². The molecule has 130 valence electrons. The molecule has 8 heteroatoms. The van der Waals surface area contributed by atoms with Gasteiger partial charge in [0.05, 0.1) is 19.2 Å². The topological polar surface area (TPSA) is 55.8 Å². The molecule has 0 N–H and O–H groups in total. The van der Waals surface area contributed by atoms with Crippen molar-refractivity contribution >= 4 is 21.6 Å². The van der Waals surface area contributed by atoms with Gasteiger partial charge in [0.2, 0.25) is 10.0 Å². The van der Waals surface area contributed by atoms with Gasteiger partial charge in [-0.15, -0.1) is 0 Å². The number of ether oxygens (including phenoxy) is 2. The Hall–Kier alpha value is -1.83. The lowest BCUT2D eigenvalue weighted by Gasteiger charge is -2.19. The van der Waals surface area contributed by atoms with Crippen molar-refractivity contribution in [2.24, 2.45) is 0 Å². The van der Waals surface area contributed by atoms with Crippen LogP contribution < -0.4 is 9.47 Å². The summed E-state index contributed by atoms with van der Waals surface area (Å²) in [6.45, 7) is 0.0587. The normalized spacial score (nSPS) is 11.6. The highest BCUT2D eigenvalue weighted by molar-refractivity contribution is 7.89. The van der Waals surface area contributed by atoms with Gasteiger partial charge in [-0.05, 0) is 24.3 Å². The second-order valence-corrected chi connectivity index (χ2v) is 7.43. The molecule has 0 amide bonds. The minimum atomic E-state index is -3.88. The third kappa shape index (κ3) is 3.80. The Labute approximate surface area is 145 Å². The second-order valence-electron chi connectivity index (χ2n) is 5.01. The molecular weight excluding hydrogens is 357 g/mol. The summed E-state index contributed by atoms with van der Waals surface area (Å²) in [4.78, 5) is -0.152. The van der Waals surface area contributed by atoms with E-state index in [9.17, 15) is 12.8 Å². The minimum absolute atomic E-state index is 0.0587. The molecule has 0 saturated carbocycles. The van der Waals surface area contributed by atoms with Crippen molar-refractivity contribution in [3.63, 3.8) is 0 Å². The van der Waals surface area contributed by atoms with E-state index in [1.807, 2.05) is 0 Å². The van der Waals surface area contributed by atoms with E-state index in [1.165, 1.54) is 21.3 Å². The third-order valence-corrected chi connectivity index (χ3v) is 5.76. The summed E-state index contributed by atoms with van der Waals surface area (Å²) in [5.41, 5.74) is 0.655. The molecule has 0 aromatic heterocycles. The molecule has 0 bridgehead atoms. The molecule has 0 heterocycles. The van der Waals surface area contributed by atoms with Crippen molar-refractivity contribution in [3.8, 4) is 11.5 Å². The smallest absolute Gasteiger partial charge is 0.244 e. The fourth-order valence-corrected chi connectivity index (χ4v) is 3.81. The number of methoxy groups -OCH3 is 2. The largest absolute Gasteiger partial charge is 0.497 e. The molecule has 0 fully saturated rings. The van der Waals surface area contributed by atoms with E-state index in [0.717, 1.165) is 22.5 Å². The lowest BCUT2D eigenvalue weighted by atomic mass is 10.2. The fourth-order valence-electron chi connectivity index (χ4n) is 2.16. The van der Waals surface area contributed by atoms with Gasteiger partial charge in [0.1, 0.15) is 22.2 Å². The predicted molar refractivity (Wildman–Crippen MR) is 89.6 cm³/mol. The van der Waals surface area contributed by atoms with Crippen molar-refractivity contribution in [3.05, 3.63) is 52.8 Å². The van der Waals surface area contributed by atoms with Crippen LogP contribution in [0.15, 0.2) is 41.3 Å². The molecular formula is C16H17ClFNO4S. The summed E-state index contributed by atoms with van der Waals surface area (Å²) < 4.78 is 49.9. The summed E-state index contributed by atoms with van der Waals surface area (Å²) in [5.74, 6) is 0.503. The standard InChI is InChI=1S/C16H17ClFNO4S/c1-19(10-11-4-6-13(22-2)9-15(11)23-3)24(20,21)16-7-5-12(18)8-14(16)17/h4-9H,10H2,1-3H3. The molecule has 2 rings (SSSR count). The van der Waals surface area contributed by atoms with E-state index in [2.05, 4.69) is 0 Å². The zero-order chi connectivity index (χ0) is 17.9. The van der Waals surface area contributed by atoms with Crippen LogP contribution in [0.25, 0.3) is 0 Å². The summed E-state index contributed by atoms with van der Waals surface area (Å²) >= 11 is 5.87. The molecule has 0 atom stereocenters. The van der Waals surface area contributed by atoms with Gasteiger partial charge in [-0.2, -0.15) is 4.31 Å². The van der Waals surface area contributed by atoms with E-state index in [0.29, 0.717) is 17.1 Å². The molecule has 0 unspecified atom stereocenters. The maximum absolute atomic E-state index is 13.1. The molecule has 0 saturated heterocycles. The van der Waals surface area contributed by atoms with Crippen LogP contribution in [-0.4, -0.2) is 34.0 Å². The van der Waals surface area contributed by atoms with Crippen LogP contribution in [0, 0.1) is 5.82 Å². The Morgan fingerprint density at radius 1 is 1.12 bits per heavy atom. The number of benzene rings is 2. The Kier molecular flexibility index (Phi) is 5.69. The third-order valence-electron chi connectivity index (χ3n) is 3.47. The molecule has 0 radical (unpaired) electrons. The van der Waals surface area contributed by atoms with Crippen molar-refractivity contribution < 1.29 is 22.3 Å². The van der Waals surface area contributed by atoms with Crippen molar-refractivity contribution in [2.45, 2.75) is 11.4 Å². The first-order valence-corrected chi connectivity index (χ1v) is 8.73. The summed E-state index contributed by atoms with van der Waals surface area (Å²) in [7, 11) is 0.557. The number of sulfonamides is 1. The van der Waals surface area contributed by atoms with Gasteiger partial charge in [-0.3, -0.25) is 0 Å². The van der Waals surface area contributed by atoms with Gasteiger partial charge in [0.15, 0.2) is 0 Å². The maximum Gasteiger partial charge on any atom is 0.244 e. The zero-order valence-corrected chi connectivity index (χ0v) is 15.0. The molecule has 0 spiro atoms. The molecule has 24 heavy (non-hydrogen) atoms. The number of nitrogens with zero attached hydrogens (tertiary/aromatic N) is 1. The van der Waals surface area contributed by atoms with E-state index >= 15 is 0 Å². The van der Waals surface area contributed by atoms with Gasteiger partial charge in [0, 0.05) is 25.2 Å². The van der Waals surface area contributed by atoms with Crippen molar-refractivity contribution in [2.75, 3.05) is 21.3 Å². The Balaban J connectivity index is 2.33. The lowest BCUT2D eigenvalue weighted by Crippen LogP contribution is -2.27. The van der Waals surface area contributed by atoms with Crippen LogP contribution in [0.2, 0.25) is 5.02 Å². The van der Waals surface area contributed by atoms with Crippen LogP contribution in [0.1, 0.15) is 5.56 Å². The number of hydrogen-bond acceptors (Lipinski definition) is 4. The monoisotopic (exact) mass is 373 g/mol. The minimum Gasteiger partial charge on any atom is -0.497 e. The quantitative estimate of drug-likeness (QED) is 0.779. The number of hydrogen-bond donors (Lipinski definition) is 0. The van der Waals surface area contributed by atoms with Crippen LogP contribution >= 0.6 is 11.6 Å². The van der Waals surface area contributed by atoms with E-state index in [-0.39, 0.29) is 16.5 Å². The van der Waals surface area contributed by atoms with E-state index in [1.54, 1.807) is 18.2 Å². The Morgan fingerprint density at radius 3 is 2.42 bits per heavy atom. The fraction of sp³-hybridized carbons (Fsp3) is 0.250. The highest BCUT2D eigenvalue weighted by Gasteiger charge is 2.25. The Morgan fingerprint density at radius 2 is 1.83 bits per heavy atom. The molecule has 0 aliphatic rings. The SMILES string of the molecule is COc1ccc(CN(C)S(=O)(=O)c2ccc(F)cc2Cl)c(OC)c1. The molecule has 5 nitrogen and oxygen atoms in total. The van der Waals surface area contributed by atoms with Crippen LogP contribution in [0.4, 0.5) is 4.39 Å². The highest BCUT2D eigenvalue weighted by atomic mass is 35.5. The van der Waals surface area contributed by atoms with Gasteiger partial charge in [-0.1, -0.05) is 17.7 Å². The number of halogens is 2. The molecule has 0 aliphatic carbocycles. The number of rotatable bonds is 6. The van der Waals surface area contributed by atoms with Crippen molar-refractivity contribution in [1.82, 2.24) is 4.31 Å². The summed E-state index contributed by atoms with van der Waals surface area (Å²) in [5, 5.41) is -0.163. The Bertz CT molecular complexity index is 842. The average Bonchev–Trinajstić information content (AvgIpc) is 2.54. The first kappa shape index (κ1) is 18.5. The van der Waals surface area contributed by atoms with Gasteiger partial charge >= 0.3 is 0 Å². The predicted octanol–water partition coefficient (Wildman–Crippen LogP) is 3.32. The molecule has 2 aromatic carbocycles. The first-order chi connectivity index (χ1) is 11.3. The summed E-state index contributed by atoms with van der Waals surface area (Å²) in [6, 6.07) is 8.27. The average molecular weight is 374 g/mol. The highest BCUT2D eigenvalue weighted by Crippen LogP contribution is 2.29. The van der Waals surface area contributed by atoms with E-state index in [4.69, 9.17) is 21.1 Å². The molecule has 2 aromatic rings. The molecule has 0 aliphatic heterocycles. The first-order valence-electron chi connectivity index (χ1n) is 6.92. The summed E-state index contributed by atoms with van der Waals surface area (Å²) in [6.07, 6.45) is 0. The van der Waals surface area contributed by atoms with Crippen molar-refractivity contribution in [1.29, 1.82) is 0 Å². The van der Waals surface area contributed by atoms with Gasteiger partial charge in [-0.25, -0.2) is 12.8 Å². The van der Waals surface area contributed by atoms with E-state index < -0.39 is 15.8 Å². The zero-order valence-electron chi connectivity index (χ0n) is 13.4. The van der Waals surface area contributed by atoms with Crippen LogP contribution in [-0.2, 0) is 16.6 Å². The lowest BCUT2D eigenvalue weighted by molar-refractivity contribution is 0.384. The van der Waals surface area contributed by atoms with Gasteiger partial charge in [0.25, 0.3) is 0 Å².